The van der Waals surface area contributed by atoms with Crippen molar-refractivity contribution in [3.63, 3.8) is 0 Å². The van der Waals surface area contributed by atoms with Gasteiger partial charge in [-0.3, -0.25) is 4.79 Å². The monoisotopic (exact) mass is 392 g/mol. The molecule has 0 spiro atoms. The molecule has 0 amide bonds. The molecule has 0 aliphatic carbocycles. The number of carbonyl (C=O) groups is 1. The molecule has 146 valence electrons. The number of benzene rings is 1. The number of piperidine rings is 1. The molecule has 1 saturated heterocycles. The molecular formula is C16H22F2N2O5S. The van der Waals surface area contributed by atoms with Crippen molar-refractivity contribution in [1.82, 2.24) is 9.03 Å². The summed E-state index contributed by atoms with van der Waals surface area (Å²) in [6.07, 6.45) is 0.809. The maximum atomic E-state index is 12.5. The van der Waals surface area contributed by atoms with E-state index in [1.807, 2.05) is 0 Å². The van der Waals surface area contributed by atoms with Gasteiger partial charge >= 0.3 is 12.6 Å². The van der Waals surface area contributed by atoms with Crippen LogP contribution in [0.25, 0.3) is 0 Å². The highest BCUT2D eigenvalue weighted by atomic mass is 32.2. The Bertz CT molecular complexity index is 704. The van der Waals surface area contributed by atoms with Gasteiger partial charge in [0.2, 0.25) is 0 Å². The molecule has 1 aromatic rings. The van der Waals surface area contributed by atoms with Crippen molar-refractivity contribution < 1.29 is 31.5 Å². The number of hydrogen-bond acceptors (Lipinski definition) is 5. The molecule has 1 aliphatic heterocycles. The van der Waals surface area contributed by atoms with E-state index < -0.39 is 22.9 Å². The molecule has 1 N–H and O–H groups in total. The number of ether oxygens (including phenoxy) is 2. The summed E-state index contributed by atoms with van der Waals surface area (Å²) in [7, 11) is -2.42. The minimum Gasteiger partial charge on any atom is -0.469 e. The van der Waals surface area contributed by atoms with Crippen molar-refractivity contribution in [2.24, 2.45) is 5.92 Å². The predicted molar refractivity (Wildman–Crippen MR) is 89.9 cm³/mol. The number of nitrogens with zero attached hydrogens (tertiary/aromatic N) is 1. The molecule has 0 bridgehead atoms. The Morgan fingerprint density at radius 1 is 1.23 bits per heavy atom. The van der Waals surface area contributed by atoms with Crippen LogP contribution in [0.15, 0.2) is 24.3 Å². The maximum absolute atomic E-state index is 12.5. The van der Waals surface area contributed by atoms with E-state index in [1.165, 1.54) is 35.7 Å². The quantitative estimate of drug-likeness (QED) is 0.718. The zero-order chi connectivity index (χ0) is 19.3. The lowest BCUT2D eigenvalue weighted by Gasteiger charge is -2.31. The van der Waals surface area contributed by atoms with Crippen LogP contribution in [0.5, 0.6) is 5.75 Å². The lowest BCUT2D eigenvalue weighted by atomic mass is 9.99. The van der Waals surface area contributed by atoms with Gasteiger partial charge in [-0.25, -0.2) is 0 Å². The van der Waals surface area contributed by atoms with E-state index in [9.17, 15) is 22.0 Å². The summed E-state index contributed by atoms with van der Waals surface area (Å²) in [6, 6.07) is 5.20. The second-order valence-electron chi connectivity index (χ2n) is 5.99. The highest BCUT2D eigenvalue weighted by molar-refractivity contribution is 7.87. The number of carbonyl (C=O) groups excluding carboxylic acids is 1. The number of halogens is 2. The molecule has 1 aromatic carbocycles. The van der Waals surface area contributed by atoms with Gasteiger partial charge in [0.1, 0.15) is 5.75 Å². The van der Waals surface area contributed by atoms with Crippen molar-refractivity contribution in [3.05, 3.63) is 29.8 Å². The van der Waals surface area contributed by atoms with Crippen molar-refractivity contribution in [1.29, 1.82) is 0 Å². The minimum absolute atomic E-state index is 0.00342. The summed E-state index contributed by atoms with van der Waals surface area (Å²) < 4.78 is 62.1. The standard InChI is InChI=1S/C16H22F2N2O5S/c1-11(12-3-5-14(6-4-12)25-16(17)18)19-26(22,23)20-9-7-13(8-10-20)15(21)24-2/h3-6,11,13,16,19H,7-10H2,1-2H3/t11-/m0/s1. The predicted octanol–water partition coefficient (Wildman–Crippen LogP) is 2.07. The number of rotatable bonds is 7. The minimum atomic E-state index is -3.74. The van der Waals surface area contributed by atoms with Crippen molar-refractivity contribution in [2.75, 3.05) is 20.2 Å². The molecule has 0 radical (unpaired) electrons. The smallest absolute Gasteiger partial charge is 0.387 e. The first kappa shape index (κ1) is 20.5. The van der Waals surface area contributed by atoms with Gasteiger partial charge in [-0.2, -0.15) is 26.2 Å². The van der Waals surface area contributed by atoms with E-state index in [4.69, 9.17) is 0 Å². The Kier molecular flexibility index (Phi) is 6.90. The molecule has 1 fully saturated rings. The Morgan fingerprint density at radius 2 is 1.81 bits per heavy atom. The number of methoxy groups -OCH3 is 1. The van der Waals surface area contributed by atoms with Gasteiger partial charge in [-0.1, -0.05) is 12.1 Å². The summed E-state index contributed by atoms with van der Waals surface area (Å²) in [5.41, 5.74) is 0.611. The third kappa shape index (κ3) is 5.36. The summed E-state index contributed by atoms with van der Waals surface area (Å²) in [5, 5.41) is 0. The van der Waals surface area contributed by atoms with Crippen molar-refractivity contribution >= 4 is 16.2 Å². The van der Waals surface area contributed by atoms with Gasteiger partial charge in [0.15, 0.2) is 0 Å². The first-order chi connectivity index (χ1) is 12.2. The van der Waals surface area contributed by atoms with Gasteiger partial charge in [0.05, 0.1) is 13.0 Å². The zero-order valence-electron chi connectivity index (χ0n) is 14.5. The van der Waals surface area contributed by atoms with Gasteiger partial charge in [-0.05, 0) is 37.5 Å². The maximum Gasteiger partial charge on any atom is 0.387 e. The first-order valence-electron chi connectivity index (χ1n) is 8.13. The number of esters is 1. The molecule has 2 rings (SSSR count). The molecule has 1 atom stereocenters. The highest BCUT2D eigenvalue weighted by Crippen LogP contribution is 2.23. The van der Waals surface area contributed by atoms with Gasteiger partial charge in [-0.15, -0.1) is 0 Å². The van der Waals surface area contributed by atoms with Gasteiger partial charge in [0, 0.05) is 19.1 Å². The topological polar surface area (TPSA) is 84.9 Å². The highest BCUT2D eigenvalue weighted by Gasteiger charge is 2.32. The molecule has 1 aliphatic rings. The van der Waals surface area contributed by atoms with Crippen LogP contribution in [0, 0.1) is 5.92 Å². The van der Waals surface area contributed by atoms with E-state index >= 15 is 0 Å². The summed E-state index contributed by atoms with van der Waals surface area (Å²) in [6.45, 7) is -0.807. The first-order valence-corrected chi connectivity index (χ1v) is 9.57. The van der Waals surface area contributed by atoms with E-state index in [0.717, 1.165) is 0 Å². The third-order valence-corrected chi connectivity index (χ3v) is 5.96. The molecule has 0 unspecified atom stereocenters. The molecule has 7 nitrogen and oxygen atoms in total. The third-order valence-electron chi connectivity index (χ3n) is 4.26. The fraction of sp³-hybridized carbons (Fsp3) is 0.562. The summed E-state index contributed by atoms with van der Waals surface area (Å²) >= 11 is 0. The van der Waals surface area contributed by atoms with Crippen molar-refractivity contribution in [3.8, 4) is 5.75 Å². The summed E-state index contributed by atoms with van der Waals surface area (Å²) in [5.74, 6) is -0.607. The van der Waals surface area contributed by atoms with Crippen molar-refractivity contribution in [2.45, 2.75) is 32.4 Å². The van der Waals surface area contributed by atoms with Gasteiger partial charge in [0.25, 0.3) is 10.2 Å². The zero-order valence-corrected chi connectivity index (χ0v) is 15.3. The van der Waals surface area contributed by atoms with E-state index in [0.29, 0.717) is 18.4 Å². The molecule has 10 heteroatoms. The summed E-state index contributed by atoms with van der Waals surface area (Å²) in [4.78, 5) is 11.5. The Morgan fingerprint density at radius 3 is 2.31 bits per heavy atom. The second-order valence-corrected chi connectivity index (χ2v) is 7.69. The molecule has 26 heavy (non-hydrogen) atoms. The van der Waals surface area contributed by atoms with Crippen LogP contribution in [0.2, 0.25) is 0 Å². The lowest BCUT2D eigenvalue weighted by Crippen LogP contribution is -2.46. The molecule has 1 heterocycles. The van der Waals surface area contributed by atoms with Crippen LogP contribution in [-0.4, -0.2) is 45.5 Å². The fourth-order valence-corrected chi connectivity index (χ4v) is 4.23. The second kappa shape index (κ2) is 8.74. The Labute approximate surface area is 151 Å². The number of alkyl halides is 2. The molecule has 0 saturated carbocycles. The van der Waals surface area contributed by atoms with E-state index in [1.54, 1.807) is 6.92 Å². The van der Waals surface area contributed by atoms with Crippen LogP contribution >= 0.6 is 0 Å². The fourth-order valence-electron chi connectivity index (χ4n) is 2.80. The largest absolute Gasteiger partial charge is 0.469 e. The SMILES string of the molecule is COC(=O)C1CCN(S(=O)(=O)N[C@@H](C)c2ccc(OC(F)F)cc2)CC1. The van der Waals surface area contributed by atoms with Crippen LogP contribution in [0.3, 0.4) is 0 Å². The van der Waals surface area contributed by atoms with E-state index in [-0.39, 0.29) is 30.7 Å². The van der Waals surface area contributed by atoms with Crippen LogP contribution in [0.4, 0.5) is 8.78 Å². The average molecular weight is 392 g/mol. The molecular weight excluding hydrogens is 370 g/mol. The average Bonchev–Trinajstić information content (AvgIpc) is 2.61. The Balaban J connectivity index is 1.95. The molecule has 0 aromatic heterocycles. The Hall–Kier alpha value is -1.78. The van der Waals surface area contributed by atoms with Crippen LogP contribution in [0.1, 0.15) is 31.4 Å². The van der Waals surface area contributed by atoms with Crippen LogP contribution < -0.4 is 9.46 Å². The number of nitrogens with one attached hydrogen (secondary N) is 1. The normalized spacial score (nSPS) is 17.9. The van der Waals surface area contributed by atoms with Crippen LogP contribution in [-0.2, 0) is 19.7 Å². The number of hydrogen-bond donors (Lipinski definition) is 1. The van der Waals surface area contributed by atoms with Gasteiger partial charge < -0.3 is 9.47 Å². The van der Waals surface area contributed by atoms with E-state index in [2.05, 4.69) is 14.2 Å². The lowest BCUT2D eigenvalue weighted by molar-refractivity contribution is -0.146.